The van der Waals surface area contributed by atoms with E-state index in [0.29, 0.717) is 0 Å². The quantitative estimate of drug-likeness (QED) is 0.772. The Kier molecular flexibility index (Phi) is 3.61. The van der Waals surface area contributed by atoms with Gasteiger partial charge in [0.1, 0.15) is 0 Å². The molecule has 0 spiro atoms. The summed E-state index contributed by atoms with van der Waals surface area (Å²) in [5.74, 6) is 0. The van der Waals surface area contributed by atoms with Crippen LogP contribution in [0.3, 0.4) is 0 Å². The molecule has 0 saturated carbocycles. The van der Waals surface area contributed by atoms with Gasteiger partial charge in [-0.05, 0) is 35.1 Å². The third-order valence-electron chi connectivity index (χ3n) is 2.95. The molecule has 0 radical (unpaired) electrons. The van der Waals surface area contributed by atoms with Crippen molar-refractivity contribution in [2.24, 2.45) is 5.73 Å². The van der Waals surface area contributed by atoms with E-state index >= 15 is 0 Å². The van der Waals surface area contributed by atoms with Crippen molar-refractivity contribution in [2.75, 3.05) is 0 Å². The van der Waals surface area contributed by atoms with Crippen LogP contribution in [-0.2, 0) is 0 Å². The van der Waals surface area contributed by atoms with Gasteiger partial charge in [0, 0.05) is 6.20 Å². The molecule has 1 heteroatoms. The molecule has 0 fully saturated rings. The summed E-state index contributed by atoms with van der Waals surface area (Å²) in [4.78, 5) is 0. The molecule has 1 nitrogen and oxygen atoms in total. The maximum atomic E-state index is 5.54. The standard InChI is InChI=1S/C16H17N/c1-2-13(12-17)15-8-10-16(11-9-15)14-6-4-3-5-7-14/h2,4,6-12H,1,3,5,17H2/b13-12+. The largest absolute Gasteiger partial charge is 0.404 e. The van der Waals surface area contributed by atoms with Crippen LogP contribution in [0, 0.1) is 0 Å². The Morgan fingerprint density at radius 1 is 1.18 bits per heavy atom. The summed E-state index contributed by atoms with van der Waals surface area (Å²) >= 11 is 0. The van der Waals surface area contributed by atoms with E-state index in [1.165, 1.54) is 11.1 Å². The topological polar surface area (TPSA) is 26.0 Å². The molecule has 0 atom stereocenters. The molecular formula is C16H17N. The first-order valence-electron chi connectivity index (χ1n) is 5.87. The highest BCUT2D eigenvalue weighted by Gasteiger charge is 2.02. The van der Waals surface area contributed by atoms with Crippen molar-refractivity contribution in [3.63, 3.8) is 0 Å². The Balaban J connectivity index is 2.27. The van der Waals surface area contributed by atoms with Gasteiger partial charge in [-0.25, -0.2) is 0 Å². The molecule has 86 valence electrons. The minimum Gasteiger partial charge on any atom is -0.404 e. The van der Waals surface area contributed by atoms with Crippen molar-refractivity contribution in [1.82, 2.24) is 0 Å². The summed E-state index contributed by atoms with van der Waals surface area (Å²) in [7, 11) is 0. The summed E-state index contributed by atoms with van der Waals surface area (Å²) in [6.07, 6.45) is 12.3. The minimum absolute atomic E-state index is 0.963. The van der Waals surface area contributed by atoms with Crippen LogP contribution in [0.4, 0.5) is 0 Å². The van der Waals surface area contributed by atoms with Gasteiger partial charge in [0.05, 0.1) is 0 Å². The van der Waals surface area contributed by atoms with Crippen molar-refractivity contribution < 1.29 is 0 Å². The van der Waals surface area contributed by atoms with Crippen molar-refractivity contribution in [1.29, 1.82) is 0 Å². The van der Waals surface area contributed by atoms with Gasteiger partial charge in [0.25, 0.3) is 0 Å². The maximum Gasteiger partial charge on any atom is 0.00173 e. The zero-order valence-corrected chi connectivity index (χ0v) is 9.89. The Bertz CT molecular complexity index is 487. The fourth-order valence-corrected chi connectivity index (χ4v) is 1.96. The zero-order chi connectivity index (χ0) is 12.1. The maximum absolute atomic E-state index is 5.54. The summed E-state index contributed by atoms with van der Waals surface area (Å²) in [5.41, 5.74) is 10.2. The van der Waals surface area contributed by atoms with Crippen molar-refractivity contribution >= 4 is 11.1 Å². The first-order valence-corrected chi connectivity index (χ1v) is 5.87. The molecule has 2 N–H and O–H groups in total. The molecule has 0 saturated heterocycles. The number of nitrogens with two attached hydrogens (primary N) is 1. The summed E-state index contributed by atoms with van der Waals surface area (Å²) in [5, 5.41) is 0. The van der Waals surface area contributed by atoms with Crippen LogP contribution < -0.4 is 5.73 Å². The molecule has 0 unspecified atom stereocenters. The second-order valence-electron chi connectivity index (χ2n) is 4.04. The lowest BCUT2D eigenvalue weighted by Gasteiger charge is -2.08. The highest BCUT2D eigenvalue weighted by molar-refractivity contribution is 5.78. The molecule has 2 rings (SSSR count). The molecule has 17 heavy (non-hydrogen) atoms. The van der Waals surface area contributed by atoms with E-state index in [-0.39, 0.29) is 0 Å². The molecule has 0 amide bonds. The monoisotopic (exact) mass is 223 g/mol. The van der Waals surface area contributed by atoms with Crippen LogP contribution in [-0.4, -0.2) is 0 Å². The van der Waals surface area contributed by atoms with E-state index in [4.69, 9.17) is 5.73 Å². The van der Waals surface area contributed by atoms with Gasteiger partial charge in [-0.1, -0.05) is 55.1 Å². The number of benzene rings is 1. The lowest BCUT2D eigenvalue weighted by atomic mass is 9.97. The van der Waals surface area contributed by atoms with Crippen LogP contribution in [0.5, 0.6) is 0 Å². The second-order valence-corrected chi connectivity index (χ2v) is 4.04. The molecular weight excluding hydrogens is 206 g/mol. The fraction of sp³-hybridized carbons (Fsp3) is 0.125. The molecule has 1 aliphatic carbocycles. The first kappa shape index (κ1) is 11.5. The third kappa shape index (κ3) is 2.56. The number of allylic oxidation sites excluding steroid dienone is 6. The predicted molar refractivity (Wildman–Crippen MR) is 75.2 cm³/mol. The van der Waals surface area contributed by atoms with E-state index in [0.717, 1.165) is 24.0 Å². The van der Waals surface area contributed by atoms with E-state index in [9.17, 15) is 0 Å². The van der Waals surface area contributed by atoms with Crippen molar-refractivity contribution in [3.8, 4) is 0 Å². The van der Waals surface area contributed by atoms with Gasteiger partial charge in [0.15, 0.2) is 0 Å². The molecule has 1 aromatic rings. The van der Waals surface area contributed by atoms with Crippen LogP contribution >= 0.6 is 0 Å². The van der Waals surface area contributed by atoms with Crippen LogP contribution in [0.15, 0.2) is 61.3 Å². The van der Waals surface area contributed by atoms with Gasteiger partial charge in [-0.2, -0.15) is 0 Å². The molecule has 0 heterocycles. The molecule has 0 aliphatic heterocycles. The highest BCUT2D eigenvalue weighted by Crippen LogP contribution is 2.23. The Morgan fingerprint density at radius 3 is 2.47 bits per heavy atom. The minimum atomic E-state index is 0.963. The third-order valence-corrected chi connectivity index (χ3v) is 2.95. The summed E-state index contributed by atoms with van der Waals surface area (Å²) in [6.45, 7) is 3.75. The molecule has 1 aliphatic rings. The zero-order valence-electron chi connectivity index (χ0n) is 9.89. The summed E-state index contributed by atoms with van der Waals surface area (Å²) in [6, 6.07) is 8.42. The normalized spacial score (nSPS) is 15.5. The van der Waals surface area contributed by atoms with E-state index in [1.54, 1.807) is 12.3 Å². The lowest BCUT2D eigenvalue weighted by Crippen LogP contribution is -1.89. The van der Waals surface area contributed by atoms with Gasteiger partial charge in [0.2, 0.25) is 0 Å². The fourth-order valence-electron chi connectivity index (χ4n) is 1.96. The second kappa shape index (κ2) is 5.35. The van der Waals surface area contributed by atoms with E-state index < -0.39 is 0 Å². The van der Waals surface area contributed by atoms with Crippen molar-refractivity contribution in [3.05, 3.63) is 72.5 Å². The highest BCUT2D eigenvalue weighted by atomic mass is 14.5. The first-order chi connectivity index (χ1) is 8.35. The Morgan fingerprint density at radius 2 is 1.94 bits per heavy atom. The van der Waals surface area contributed by atoms with Crippen LogP contribution in [0.2, 0.25) is 0 Å². The lowest BCUT2D eigenvalue weighted by molar-refractivity contribution is 1.04. The van der Waals surface area contributed by atoms with Gasteiger partial charge in [-0.15, -0.1) is 0 Å². The molecule has 0 bridgehead atoms. The SMILES string of the molecule is C=C/C(=C\N)c1ccc(C2=CCCC=C2)cc1. The van der Waals surface area contributed by atoms with Gasteiger partial charge >= 0.3 is 0 Å². The predicted octanol–water partition coefficient (Wildman–Crippen LogP) is 3.91. The Hall–Kier alpha value is -2.02. The van der Waals surface area contributed by atoms with Gasteiger partial charge < -0.3 is 5.73 Å². The van der Waals surface area contributed by atoms with Crippen LogP contribution in [0.25, 0.3) is 11.1 Å². The molecule has 0 aromatic heterocycles. The summed E-state index contributed by atoms with van der Waals surface area (Å²) < 4.78 is 0. The number of hydrogen-bond acceptors (Lipinski definition) is 1. The average molecular weight is 223 g/mol. The van der Waals surface area contributed by atoms with Crippen LogP contribution in [0.1, 0.15) is 24.0 Å². The Labute approximate surface area is 103 Å². The van der Waals surface area contributed by atoms with Crippen molar-refractivity contribution in [2.45, 2.75) is 12.8 Å². The number of hydrogen-bond donors (Lipinski definition) is 1. The van der Waals surface area contributed by atoms with E-state index in [1.807, 2.05) is 0 Å². The smallest absolute Gasteiger partial charge is 0.00173 e. The average Bonchev–Trinajstić information content (AvgIpc) is 2.42. The molecule has 1 aromatic carbocycles. The number of rotatable bonds is 3. The van der Waals surface area contributed by atoms with E-state index in [2.05, 4.69) is 49.1 Å². The van der Waals surface area contributed by atoms with Gasteiger partial charge in [-0.3, -0.25) is 0 Å².